The van der Waals surface area contributed by atoms with Crippen molar-refractivity contribution >= 4 is 22.6 Å². The lowest BCUT2D eigenvalue weighted by molar-refractivity contribution is -0.116. The molecule has 1 aliphatic rings. The van der Waals surface area contributed by atoms with Crippen molar-refractivity contribution in [2.75, 3.05) is 5.32 Å². The number of amides is 1. The van der Waals surface area contributed by atoms with Gasteiger partial charge in [-0.3, -0.25) is 19.9 Å². The zero-order valence-electron chi connectivity index (χ0n) is 14.8. The molecule has 27 heavy (non-hydrogen) atoms. The Balaban J connectivity index is 1.47. The smallest absolute Gasteiger partial charge is 0.255 e. The molecule has 0 aliphatic heterocycles. The number of anilines is 1. The highest BCUT2D eigenvalue weighted by molar-refractivity contribution is 5.90. The maximum absolute atomic E-state index is 13.9. The summed E-state index contributed by atoms with van der Waals surface area (Å²) >= 11 is 0. The highest BCUT2D eigenvalue weighted by Gasteiger charge is 2.16. The number of rotatable bonds is 4. The minimum absolute atomic E-state index is 0.167. The molecule has 1 aliphatic carbocycles. The van der Waals surface area contributed by atoms with E-state index in [-0.39, 0.29) is 29.7 Å². The van der Waals surface area contributed by atoms with Gasteiger partial charge < -0.3 is 0 Å². The van der Waals surface area contributed by atoms with Gasteiger partial charge in [-0.05, 0) is 49.1 Å². The summed E-state index contributed by atoms with van der Waals surface area (Å²) in [6, 6.07) is 10.4. The Kier molecular flexibility index (Phi) is 4.71. The molecule has 0 radical (unpaired) electrons. The van der Waals surface area contributed by atoms with Crippen LogP contribution in [0.3, 0.4) is 0 Å². The monoisotopic (exact) mass is 365 g/mol. The van der Waals surface area contributed by atoms with Gasteiger partial charge in [-0.25, -0.2) is 9.37 Å². The van der Waals surface area contributed by atoms with Gasteiger partial charge in [0.15, 0.2) is 0 Å². The molecule has 0 fully saturated rings. The van der Waals surface area contributed by atoms with Crippen molar-refractivity contribution in [1.29, 1.82) is 0 Å². The first kappa shape index (κ1) is 17.4. The predicted octanol–water partition coefficient (Wildman–Crippen LogP) is 3.51. The number of hydrogen-bond acceptors (Lipinski definition) is 3. The number of H-pyrrole nitrogens is 1. The third-order valence-corrected chi connectivity index (χ3v) is 5.03. The molecule has 2 aromatic carbocycles. The van der Waals surface area contributed by atoms with Gasteiger partial charge in [-0.2, -0.15) is 0 Å². The van der Waals surface area contributed by atoms with Crippen LogP contribution in [0.15, 0.2) is 41.2 Å². The van der Waals surface area contributed by atoms with Crippen molar-refractivity contribution in [2.45, 2.75) is 38.5 Å². The summed E-state index contributed by atoms with van der Waals surface area (Å²) in [6.07, 6.45) is 4.20. The third-order valence-electron chi connectivity index (χ3n) is 5.03. The molecular formula is C21H20FN3O2. The van der Waals surface area contributed by atoms with Crippen LogP contribution in [0.25, 0.3) is 10.8 Å². The number of nitrogens with zero attached hydrogens (tertiary/aromatic N) is 1. The van der Waals surface area contributed by atoms with Crippen molar-refractivity contribution in [2.24, 2.45) is 0 Å². The lowest BCUT2D eigenvalue weighted by Gasteiger charge is -2.14. The molecule has 0 saturated heterocycles. The molecular weight excluding hydrogens is 345 g/mol. The number of carbonyl (C=O) groups is 1. The van der Waals surface area contributed by atoms with Crippen LogP contribution in [-0.2, 0) is 24.1 Å². The Morgan fingerprint density at radius 1 is 1.11 bits per heavy atom. The molecule has 5 nitrogen and oxygen atoms in total. The van der Waals surface area contributed by atoms with Crippen LogP contribution in [0.5, 0.6) is 0 Å². The first-order valence-electron chi connectivity index (χ1n) is 9.20. The topological polar surface area (TPSA) is 74.8 Å². The summed E-state index contributed by atoms with van der Waals surface area (Å²) in [7, 11) is 0. The molecule has 0 atom stereocenters. The van der Waals surface area contributed by atoms with Crippen molar-refractivity contribution in [3.05, 3.63) is 69.4 Å². The second-order valence-corrected chi connectivity index (χ2v) is 6.85. The lowest BCUT2D eigenvalue weighted by Crippen LogP contribution is -2.24. The molecule has 138 valence electrons. The van der Waals surface area contributed by atoms with Crippen LogP contribution in [-0.4, -0.2) is 15.9 Å². The van der Waals surface area contributed by atoms with Crippen molar-refractivity contribution in [1.82, 2.24) is 9.97 Å². The van der Waals surface area contributed by atoms with E-state index in [0.29, 0.717) is 11.8 Å². The number of fused-ring (bicyclic) bond motifs is 2. The molecule has 6 heteroatoms. The first-order valence-corrected chi connectivity index (χ1v) is 9.20. The summed E-state index contributed by atoms with van der Waals surface area (Å²) < 4.78 is 13.9. The average molecular weight is 365 g/mol. The lowest BCUT2D eigenvalue weighted by atomic mass is 9.97. The Morgan fingerprint density at radius 3 is 2.74 bits per heavy atom. The van der Waals surface area contributed by atoms with E-state index >= 15 is 0 Å². The standard InChI is InChI=1S/C21H20FN3O2/c22-17-11-9-13(14-5-1-2-6-15(14)17)10-12-19(26)24-21-23-18-8-4-3-7-16(18)20(27)25-21/h1-2,5-6,9,11H,3-4,7-8,10,12H2,(H2,23,24,25,26,27). The first-order chi connectivity index (χ1) is 13.1. The molecule has 1 heterocycles. The fourth-order valence-electron chi connectivity index (χ4n) is 3.65. The average Bonchev–Trinajstić information content (AvgIpc) is 2.68. The summed E-state index contributed by atoms with van der Waals surface area (Å²) in [4.78, 5) is 31.5. The molecule has 0 saturated carbocycles. The van der Waals surface area contributed by atoms with Crippen LogP contribution in [0.2, 0.25) is 0 Å². The maximum Gasteiger partial charge on any atom is 0.255 e. The molecule has 2 N–H and O–H groups in total. The molecule has 0 spiro atoms. The fraction of sp³-hybridized carbons (Fsp3) is 0.286. The number of aromatic nitrogens is 2. The van der Waals surface area contributed by atoms with E-state index in [2.05, 4.69) is 15.3 Å². The van der Waals surface area contributed by atoms with Crippen LogP contribution in [0.4, 0.5) is 10.3 Å². The Morgan fingerprint density at radius 2 is 1.89 bits per heavy atom. The SMILES string of the molecule is O=C(CCc1ccc(F)c2ccccc12)Nc1nc2c(c(=O)[nH]1)CCCC2. The summed E-state index contributed by atoms with van der Waals surface area (Å²) in [5.41, 5.74) is 2.26. The van der Waals surface area contributed by atoms with Crippen molar-refractivity contribution in [3.8, 4) is 0 Å². The minimum atomic E-state index is -0.269. The highest BCUT2D eigenvalue weighted by Crippen LogP contribution is 2.23. The molecule has 0 bridgehead atoms. The van der Waals surface area contributed by atoms with Gasteiger partial charge in [0.25, 0.3) is 5.56 Å². The van der Waals surface area contributed by atoms with Crippen LogP contribution >= 0.6 is 0 Å². The molecule has 0 unspecified atom stereocenters. The number of carbonyl (C=O) groups excluding carboxylic acids is 1. The number of benzene rings is 2. The van der Waals surface area contributed by atoms with E-state index in [1.807, 2.05) is 12.1 Å². The Hall–Kier alpha value is -3.02. The second-order valence-electron chi connectivity index (χ2n) is 6.85. The molecule has 3 aromatic rings. The number of hydrogen-bond donors (Lipinski definition) is 2. The number of halogens is 1. The van der Waals surface area contributed by atoms with Gasteiger partial charge >= 0.3 is 0 Å². The normalized spacial score (nSPS) is 13.4. The third kappa shape index (κ3) is 3.60. The summed E-state index contributed by atoms with van der Waals surface area (Å²) in [5, 5.41) is 4.05. The molecule has 4 rings (SSSR count). The van der Waals surface area contributed by atoms with Gasteiger partial charge in [-0.15, -0.1) is 0 Å². The van der Waals surface area contributed by atoms with Crippen LogP contribution in [0, 0.1) is 5.82 Å². The fourth-order valence-corrected chi connectivity index (χ4v) is 3.65. The summed E-state index contributed by atoms with van der Waals surface area (Å²) in [5.74, 6) is -0.299. The Labute approximate surface area is 155 Å². The van der Waals surface area contributed by atoms with Crippen molar-refractivity contribution < 1.29 is 9.18 Å². The van der Waals surface area contributed by atoms with E-state index in [4.69, 9.17) is 0 Å². The second kappa shape index (κ2) is 7.31. The van der Waals surface area contributed by atoms with Gasteiger partial charge in [0.2, 0.25) is 11.9 Å². The maximum atomic E-state index is 13.9. The zero-order chi connectivity index (χ0) is 18.8. The predicted molar refractivity (Wildman–Crippen MR) is 102 cm³/mol. The molecule has 1 amide bonds. The van der Waals surface area contributed by atoms with E-state index in [1.165, 1.54) is 6.07 Å². The summed E-state index contributed by atoms with van der Waals surface area (Å²) in [6.45, 7) is 0. The van der Waals surface area contributed by atoms with Crippen molar-refractivity contribution in [3.63, 3.8) is 0 Å². The van der Waals surface area contributed by atoms with Gasteiger partial charge in [0.1, 0.15) is 5.82 Å². The number of aromatic amines is 1. The van der Waals surface area contributed by atoms with E-state index < -0.39 is 0 Å². The highest BCUT2D eigenvalue weighted by atomic mass is 19.1. The van der Waals surface area contributed by atoms with Gasteiger partial charge in [-0.1, -0.05) is 30.3 Å². The van der Waals surface area contributed by atoms with E-state index in [1.54, 1.807) is 18.2 Å². The van der Waals surface area contributed by atoms with Gasteiger partial charge in [0.05, 0.1) is 5.69 Å². The Bertz CT molecular complexity index is 1070. The molecule has 1 aromatic heterocycles. The number of aryl methyl sites for hydroxylation is 2. The zero-order valence-corrected chi connectivity index (χ0v) is 14.8. The minimum Gasteiger partial charge on any atom is -0.296 e. The quantitative estimate of drug-likeness (QED) is 0.743. The van der Waals surface area contributed by atoms with Gasteiger partial charge in [0, 0.05) is 17.4 Å². The van der Waals surface area contributed by atoms with Crippen LogP contribution in [0.1, 0.15) is 36.1 Å². The van der Waals surface area contributed by atoms with E-state index in [9.17, 15) is 14.0 Å². The van der Waals surface area contributed by atoms with Crippen LogP contribution < -0.4 is 10.9 Å². The largest absolute Gasteiger partial charge is 0.296 e. The van der Waals surface area contributed by atoms with E-state index in [0.717, 1.165) is 47.9 Å². The number of nitrogens with one attached hydrogen (secondary N) is 2.